The number of likely N-dealkylation sites (N-methyl/N-ethyl adjacent to an activating group) is 1. The Bertz CT molecular complexity index is 640. The van der Waals surface area contributed by atoms with E-state index < -0.39 is 0 Å². The van der Waals surface area contributed by atoms with Gasteiger partial charge < -0.3 is 10.2 Å². The second-order valence-electron chi connectivity index (χ2n) is 4.81. The normalized spacial score (nSPS) is 17.1. The van der Waals surface area contributed by atoms with Gasteiger partial charge in [-0.1, -0.05) is 29.5 Å². The Kier molecular flexibility index (Phi) is 3.40. The number of para-hydroxylation sites is 1. The number of carbonyl (C=O) groups is 1. The van der Waals surface area contributed by atoms with Crippen molar-refractivity contribution in [2.75, 3.05) is 11.9 Å². The summed E-state index contributed by atoms with van der Waals surface area (Å²) in [5.41, 5.74) is 2.33. The van der Waals surface area contributed by atoms with Crippen molar-refractivity contribution in [3.05, 3.63) is 39.8 Å². The van der Waals surface area contributed by atoms with Gasteiger partial charge in [-0.05, 0) is 18.6 Å². The van der Waals surface area contributed by atoms with Gasteiger partial charge in [0.2, 0.25) is 5.91 Å². The molecule has 3 rings (SSSR count). The molecule has 0 bridgehead atoms. The lowest BCUT2D eigenvalue weighted by Crippen LogP contribution is -2.43. The summed E-state index contributed by atoms with van der Waals surface area (Å²) in [5.74, 6) is 0.0439. The third-order valence-electron chi connectivity index (χ3n) is 3.51. The van der Waals surface area contributed by atoms with Crippen LogP contribution in [0.5, 0.6) is 0 Å². The van der Waals surface area contributed by atoms with E-state index >= 15 is 0 Å². The van der Waals surface area contributed by atoms with E-state index in [1.54, 1.807) is 18.4 Å². The molecule has 0 radical (unpaired) electrons. The van der Waals surface area contributed by atoms with Gasteiger partial charge in [0.15, 0.2) is 0 Å². The third kappa shape index (κ3) is 2.27. The molecule has 1 aliphatic rings. The lowest BCUT2D eigenvalue weighted by Gasteiger charge is -2.25. The van der Waals surface area contributed by atoms with Gasteiger partial charge in [0.05, 0.1) is 6.54 Å². The zero-order valence-corrected chi connectivity index (χ0v) is 12.3. The van der Waals surface area contributed by atoms with E-state index in [2.05, 4.69) is 32.5 Å². The first-order valence-corrected chi connectivity index (χ1v) is 7.36. The number of hydrogen-bond donors (Lipinski definition) is 1. The van der Waals surface area contributed by atoms with Crippen molar-refractivity contribution in [2.45, 2.75) is 25.9 Å². The van der Waals surface area contributed by atoms with Crippen molar-refractivity contribution in [1.29, 1.82) is 0 Å². The number of amides is 1. The molecule has 2 aromatic rings. The lowest BCUT2D eigenvalue weighted by atomic mass is 10.1. The second-order valence-corrected chi connectivity index (χ2v) is 6.07. The van der Waals surface area contributed by atoms with Crippen LogP contribution in [0.4, 0.5) is 5.69 Å². The fraction of sp³-hybridized carbons (Fsp3) is 0.357. The molecule has 1 unspecified atom stereocenters. The maximum Gasteiger partial charge on any atom is 0.242 e. The van der Waals surface area contributed by atoms with Crippen LogP contribution in [0.2, 0.25) is 0 Å². The van der Waals surface area contributed by atoms with Crippen molar-refractivity contribution in [2.24, 2.45) is 0 Å². The number of nitrogens with one attached hydrogen (secondary N) is 1. The molecule has 0 aliphatic carbocycles. The number of anilines is 1. The summed E-state index contributed by atoms with van der Waals surface area (Å²) < 4.78 is 0. The van der Waals surface area contributed by atoms with Crippen molar-refractivity contribution in [1.82, 2.24) is 15.5 Å². The average Bonchev–Trinajstić information content (AvgIpc) is 3.03. The Hall–Kier alpha value is -1.95. The fourth-order valence-electron chi connectivity index (χ4n) is 2.59. The molecule has 1 aromatic carbocycles. The van der Waals surface area contributed by atoms with E-state index in [9.17, 15) is 4.79 Å². The van der Waals surface area contributed by atoms with Gasteiger partial charge in [0.1, 0.15) is 16.1 Å². The summed E-state index contributed by atoms with van der Waals surface area (Å²) in [7, 11) is 1.68. The Balaban J connectivity index is 1.92. The predicted molar refractivity (Wildman–Crippen MR) is 78.8 cm³/mol. The Labute approximate surface area is 121 Å². The molecule has 0 spiro atoms. The first kappa shape index (κ1) is 13.1. The number of aryl methyl sites for hydroxylation is 1. The third-order valence-corrected chi connectivity index (χ3v) is 4.34. The smallest absolute Gasteiger partial charge is 0.242 e. The van der Waals surface area contributed by atoms with Crippen LogP contribution in [-0.2, 0) is 17.8 Å². The van der Waals surface area contributed by atoms with Gasteiger partial charge >= 0.3 is 0 Å². The summed E-state index contributed by atoms with van der Waals surface area (Å²) in [5, 5.41) is 12.8. The van der Waals surface area contributed by atoms with Crippen LogP contribution < -0.4 is 10.2 Å². The molecule has 1 atom stereocenters. The largest absolute Gasteiger partial charge is 0.357 e. The van der Waals surface area contributed by atoms with Crippen LogP contribution in [0.15, 0.2) is 24.3 Å². The van der Waals surface area contributed by atoms with Crippen LogP contribution in [-0.4, -0.2) is 29.2 Å². The SMILES string of the molecule is CNC(=O)C1Cc2ccccc2N1Cc1nnc(C)s1. The van der Waals surface area contributed by atoms with Crippen molar-refractivity contribution < 1.29 is 4.79 Å². The molecule has 1 N–H and O–H groups in total. The fourth-order valence-corrected chi connectivity index (χ4v) is 3.30. The van der Waals surface area contributed by atoms with Crippen LogP contribution in [0.25, 0.3) is 0 Å². The maximum atomic E-state index is 12.1. The zero-order chi connectivity index (χ0) is 14.1. The highest BCUT2D eigenvalue weighted by atomic mass is 32.1. The monoisotopic (exact) mass is 288 g/mol. The summed E-state index contributed by atoms with van der Waals surface area (Å²) in [6, 6.07) is 7.99. The molecule has 0 fully saturated rings. The number of nitrogens with zero attached hydrogens (tertiary/aromatic N) is 3. The molecule has 2 heterocycles. The van der Waals surface area contributed by atoms with Gasteiger partial charge in [-0.3, -0.25) is 4.79 Å². The first-order valence-electron chi connectivity index (χ1n) is 6.54. The van der Waals surface area contributed by atoms with Crippen LogP contribution >= 0.6 is 11.3 Å². The second kappa shape index (κ2) is 5.20. The van der Waals surface area contributed by atoms with E-state index in [4.69, 9.17) is 0 Å². The Morgan fingerprint density at radius 3 is 2.95 bits per heavy atom. The highest BCUT2D eigenvalue weighted by Gasteiger charge is 2.34. The summed E-state index contributed by atoms with van der Waals surface area (Å²) >= 11 is 1.58. The van der Waals surface area contributed by atoms with Gasteiger partial charge in [-0.2, -0.15) is 0 Å². The summed E-state index contributed by atoms with van der Waals surface area (Å²) in [6.07, 6.45) is 0.744. The van der Waals surface area contributed by atoms with Crippen molar-refractivity contribution >= 4 is 22.9 Å². The Morgan fingerprint density at radius 2 is 2.25 bits per heavy atom. The number of hydrogen-bond acceptors (Lipinski definition) is 5. The van der Waals surface area contributed by atoms with Crippen LogP contribution in [0.3, 0.4) is 0 Å². The van der Waals surface area contributed by atoms with Crippen LogP contribution in [0.1, 0.15) is 15.6 Å². The molecular weight excluding hydrogens is 272 g/mol. The molecule has 1 aliphatic heterocycles. The number of aromatic nitrogens is 2. The summed E-state index contributed by atoms with van der Waals surface area (Å²) in [4.78, 5) is 14.2. The molecule has 1 amide bonds. The highest BCUT2D eigenvalue weighted by molar-refractivity contribution is 7.11. The van der Waals surface area contributed by atoms with Crippen molar-refractivity contribution in [3.8, 4) is 0 Å². The van der Waals surface area contributed by atoms with Gasteiger partial charge in [0, 0.05) is 19.2 Å². The summed E-state index contributed by atoms with van der Waals surface area (Å²) in [6.45, 7) is 2.57. The van der Waals surface area contributed by atoms with Gasteiger partial charge in [-0.15, -0.1) is 10.2 Å². The van der Waals surface area contributed by atoms with Gasteiger partial charge in [-0.25, -0.2) is 0 Å². The number of carbonyl (C=O) groups excluding carboxylic acids is 1. The van der Waals surface area contributed by atoms with Crippen LogP contribution in [0, 0.1) is 6.92 Å². The molecule has 0 saturated heterocycles. The first-order chi connectivity index (χ1) is 9.69. The molecule has 104 valence electrons. The number of benzene rings is 1. The predicted octanol–water partition coefficient (Wildman–Crippen LogP) is 1.52. The lowest BCUT2D eigenvalue weighted by molar-refractivity contribution is -0.121. The van der Waals surface area contributed by atoms with E-state index in [1.807, 2.05) is 19.1 Å². The minimum Gasteiger partial charge on any atom is -0.357 e. The minimum absolute atomic E-state index is 0.0439. The standard InChI is InChI=1S/C14H16N4OS/c1-9-16-17-13(20-9)8-18-11-6-4-3-5-10(11)7-12(18)14(19)15-2/h3-6,12H,7-8H2,1-2H3,(H,15,19). The van der Waals surface area contributed by atoms with E-state index in [-0.39, 0.29) is 11.9 Å². The molecule has 0 saturated carbocycles. The zero-order valence-electron chi connectivity index (χ0n) is 11.5. The number of fused-ring (bicyclic) bond motifs is 1. The topological polar surface area (TPSA) is 58.1 Å². The highest BCUT2D eigenvalue weighted by Crippen LogP contribution is 2.33. The average molecular weight is 288 g/mol. The Morgan fingerprint density at radius 1 is 1.45 bits per heavy atom. The molecule has 20 heavy (non-hydrogen) atoms. The maximum absolute atomic E-state index is 12.1. The minimum atomic E-state index is -0.165. The van der Waals surface area contributed by atoms with E-state index in [0.717, 1.165) is 22.1 Å². The number of rotatable bonds is 3. The molecule has 6 heteroatoms. The van der Waals surface area contributed by atoms with Gasteiger partial charge in [0.25, 0.3) is 0 Å². The van der Waals surface area contributed by atoms with E-state index in [1.165, 1.54) is 5.56 Å². The van der Waals surface area contributed by atoms with Crippen molar-refractivity contribution in [3.63, 3.8) is 0 Å². The molecule has 5 nitrogen and oxygen atoms in total. The molecular formula is C14H16N4OS. The van der Waals surface area contributed by atoms with E-state index in [0.29, 0.717) is 6.54 Å². The quantitative estimate of drug-likeness (QED) is 0.930. The molecule has 1 aromatic heterocycles.